The van der Waals surface area contributed by atoms with Crippen LogP contribution in [0.3, 0.4) is 0 Å². The average Bonchev–Trinajstić information content (AvgIpc) is 2.30. The molecule has 1 rings (SSSR count). The molecule has 90 valence electrons. The normalized spacial score (nSPS) is 9.71. The van der Waals surface area contributed by atoms with Gasteiger partial charge in [-0.3, -0.25) is 10.1 Å². The van der Waals surface area contributed by atoms with Gasteiger partial charge in [0.2, 0.25) is 5.75 Å². The zero-order valence-electron chi connectivity index (χ0n) is 8.72. The van der Waals surface area contributed by atoms with Crippen LogP contribution in [0.5, 0.6) is 5.75 Å². The zero-order chi connectivity index (χ0) is 12.8. The van der Waals surface area contributed by atoms with Gasteiger partial charge in [0, 0.05) is 19.1 Å². The zero-order valence-corrected chi connectivity index (χ0v) is 10.9. The first-order chi connectivity index (χ1) is 8.10. The van der Waals surface area contributed by atoms with Crippen molar-refractivity contribution < 1.29 is 14.8 Å². The van der Waals surface area contributed by atoms with Gasteiger partial charge in [0.1, 0.15) is 0 Å². The van der Waals surface area contributed by atoms with Crippen molar-refractivity contribution in [2.24, 2.45) is 0 Å². The highest BCUT2D eigenvalue weighted by Gasteiger charge is 2.20. The van der Waals surface area contributed by atoms with Gasteiger partial charge in [-0.05, 0) is 28.7 Å². The number of benzene rings is 1. The second-order valence-corrected chi connectivity index (χ2v) is 4.26. The predicted octanol–water partition coefficient (Wildman–Crippen LogP) is 1.83. The number of aliphatic hydroxyl groups excluding tert-OH is 1. The summed E-state index contributed by atoms with van der Waals surface area (Å²) in [5.41, 5.74) is -0.0120. The predicted molar refractivity (Wildman–Crippen MR) is 67.7 cm³/mol. The van der Waals surface area contributed by atoms with E-state index in [1.54, 1.807) is 0 Å². The fraction of sp³-hybridized carbons (Fsp3) is 0.300. The molecule has 0 heterocycles. The molecule has 1 aromatic rings. The smallest absolute Gasteiger partial charge is 0.313 e. The van der Waals surface area contributed by atoms with Crippen molar-refractivity contribution in [1.82, 2.24) is 0 Å². The number of halogens is 1. The van der Waals surface area contributed by atoms with Crippen molar-refractivity contribution >= 4 is 28.3 Å². The Morgan fingerprint density at radius 2 is 2.29 bits per heavy atom. The SMILES string of the molecule is N#Cc1cc(I)c(OCCCO)c([N+](=O)[O-])c1. The Balaban J connectivity index is 3.09. The monoisotopic (exact) mass is 348 g/mol. The third-order valence-corrected chi connectivity index (χ3v) is 2.70. The maximum absolute atomic E-state index is 10.8. The lowest BCUT2D eigenvalue weighted by Crippen LogP contribution is -2.04. The van der Waals surface area contributed by atoms with Crippen molar-refractivity contribution in [3.63, 3.8) is 0 Å². The van der Waals surface area contributed by atoms with Gasteiger partial charge in [0.15, 0.2) is 0 Å². The van der Waals surface area contributed by atoms with Crippen LogP contribution in [0, 0.1) is 25.0 Å². The second-order valence-electron chi connectivity index (χ2n) is 3.10. The Kier molecular flexibility index (Phi) is 5.11. The van der Waals surface area contributed by atoms with Crippen molar-refractivity contribution in [2.75, 3.05) is 13.2 Å². The molecule has 0 unspecified atom stereocenters. The molecule has 0 spiro atoms. The number of nitrogens with zero attached hydrogens (tertiary/aromatic N) is 2. The van der Waals surface area contributed by atoms with E-state index in [4.69, 9.17) is 15.1 Å². The van der Waals surface area contributed by atoms with E-state index in [1.807, 2.05) is 28.7 Å². The highest BCUT2D eigenvalue weighted by Crippen LogP contribution is 2.33. The third kappa shape index (κ3) is 3.54. The van der Waals surface area contributed by atoms with Crippen LogP contribution in [0.4, 0.5) is 5.69 Å². The molecular formula is C10H9IN2O4. The Labute approximate surface area is 111 Å². The summed E-state index contributed by atoms with van der Waals surface area (Å²) in [6.07, 6.45) is 0.396. The van der Waals surface area contributed by atoms with E-state index in [0.717, 1.165) is 0 Å². The van der Waals surface area contributed by atoms with Gasteiger partial charge >= 0.3 is 5.69 Å². The van der Waals surface area contributed by atoms with E-state index in [0.29, 0.717) is 9.99 Å². The molecule has 1 aromatic carbocycles. The maximum Gasteiger partial charge on any atom is 0.313 e. The van der Waals surface area contributed by atoms with Crippen LogP contribution in [0.15, 0.2) is 12.1 Å². The first-order valence-corrected chi connectivity index (χ1v) is 5.79. The lowest BCUT2D eigenvalue weighted by molar-refractivity contribution is -0.386. The Hall–Kier alpha value is -1.40. The van der Waals surface area contributed by atoms with Crippen molar-refractivity contribution in [2.45, 2.75) is 6.42 Å². The molecule has 7 heteroatoms. The first-order valence-electron chi connectivity index (χ1n) is 4.72. The Bertz CT molecular complexity index is 470. The van der Waals surface area contributed by atoms with Crippen molar-refractivity contribution in [3.05, 3.63) is 31.4 Å². The lowest BCUT2D eigenvalue weighted by atomic mass is 10.2. The van der Waals surface area contributed by atoms with Crippen LogP contribution in [-0.2, 0) is 0 Å². The minimum atomic E-state index is -0.586. The summed E-state index contributed by atoms with van der Waals surface area (Å²) in [5, 5.41) is 28.2. The largest absolute Gasteiger partial charge is 0.486 e. The number of nitriles is 1. The van der Waals surface area contributed by atoms with Crippen molar-refractivity contribution in [3.8, 4) is 11.8 Å². The summed E-state index contributed by atoms with van der Waals surface area (Å²) < 4.78 is 5.76. The molecule has 0 aliphatic carbocycles. The molecule has 0 aromatic heterocycles. The fourth-order valence-corrected chi connectivity index (χ4v) is 1.93. The quantitative estimate of drug-likeness (QED) is 0.379. The van der Waals surface area contributed by atoms with Gasteiger partial charge < -0.3 is 9.84 Å². The molecule has 0 saturated heterocycles. The molecule has 0 aliphatic heterocycles. The number of aliphatic hydroxyl groups is 1. The minimum absolute atomic E-state index is 0.0410. The molecule has 1 N–H and O–H groups in total. The van der Waals surface area contributed by atoms with E-state index in [9.17, 15) is 10.1 Å². The van der Waals surface area contributed by atoms with Crippen LogP contribution in [0.1, 0.15) is 12.0 Å². The molecule has 0 aliphatic rings. The van der Waals surface area contributed by atoms with Crippen LogP contribution < -0.4 is 4.74 Å². The molecular weight excluding hydrogens is 339 g/mol. The van der Waals surface area contributed by atoms with Gasteiger partial charge in [-0.1, -0.05) is 0 Å². The molecule has 6 nitrogen and oxygen atoms in total. The summed E-state index contributed by atoms with van der Waals surface area (Å²) in [6.45, 7) is 0.153. The van der Waals surface area contributed by atoms with Gasteiger partial charge in [-0.15, -0.1) is 0 Å². The third-order valence-electron chi connectivity index (χ3n) is 1.90. The lowest BCUT2D eigenvalue weighted by Gasteiger charge is -2.08. The molecule has 17 heavy (non-hydrogen) atoms. The molecule has 0 amide bonds. The number of hydrogen-bond donors (Lipinski definition) is 1. The summed E-state index contributed by atoms with van der Waals surface area (Å²) in [4.78, 5) is 10.3. The van der Waals surface area contributed by atoms with E-state index in [-0.39, 0.29) is 30.2 Å². The minimum Gasteiger partial charge on any atom is -0.486 e. The van der Waals surface area contributed by atoms with Gasteiger partial charge in [0.25, 0.3) is 0 Å². The highest BCUT2D eigenvalue weighted by atomic mass is 127. The Morgan fingerprint density at radius 1 is 1.59 bits per heavy atom. The van der Waals surface area contributed by atoms with Crippen LogP contribution >= 0.6 is 22.6 Å². The van der Waals surface area contributed by atoms with Crippen LogP contribution in [0.25, 0.3) is 0 Å². The number of nitro benzene ring substituents is 1. The highest BCUT2D eigenvalue weighted by molar-refractivity contribution is 14.1. The van der Waals surface area contributed by atoms with E-state index >= 15 is 0 Å². The molecule has 0 atom stereocenters. The van der Waals surface area contributed by atoms with Crippen LogP contribution in [0.2, 0.25) is 0 Å². The Morgan fingerprint density at radius 3 is 2.82 bits per heavy atom. The average molecular weight is 348 g/mol. The summed E-state index contributed by atoms with van der Waals surface area (Å²) >= 11 is 1.88. The topological polar surface area (TPSA) is 96.4 Å². The molecule has 0 bridgehead atoms. The van der Waals surface area contributed by atoms with E-state index in [1.165, 1.54) is 12.1 Å². The first kappa shape index (κ1) is 13.7. The second kappa shape index (κ2) is 6.36. The summed E-state index contributed by atoms with van der Waals surface area (Å²) in [7, 11) is 0. The van der Waals surface area contributed by atoms with Gasteiger partial charge in [-0.2, -0.15) is 5.26 Å². The van der Waals surface area contributed by atoms with Gasteiger partial charge in [-0.25, -0.2) is 0 Å². The number of rotatable bonds is 5. The molecule has 0 radical (unpaired) electrons. The standard InChI is InChI=1S/C10H9IN2O4/c11-8-4-7(6-12)5-9(13(15)16)10(8)17-3-1-2-14/h4-5,14H,1-3H2. The van der Waals surface area contributed by atoms with E-state index in [2.05, 4.69) is 0 Å². The number of nitro groups is 1. The number of hydrogen-bond acceptors (Lipinski definition) is 5. The molecule has 0 saturated carbocycles. The van der Waals surface area contributed by atoms with E-state index < -0.39 is 4.92 Å². The van der Waals surface area contributed by atoms with Gasteiger partial charge in [0.05, 0.1) is 26.7 Å². The summed E-state index contributed by atoms with van der Waals surface area (Å²) in [5.74, 6) is 0.142. The maximum atomic E-state index is 10.8. The number of ether oxygens (including phenoxy) is 1. The fourth-order valence-electron chi connectivity index (χ4n) is 1.16. The summed E-state index contributed by atoms with van der Waals surface area (Å²) in [6, 6.07) is 4.55. The van der Waals surface area contributed by atoms with Crippen LogP contribution in [-0.4, -0.2) is 23.2 Å². The molecule has 0 fully saturated rings. The van der Waals surface area contributed by atoms with Crippen molar-refractivity contribution in [1.29, 1.82) is 5.26 Å².